The summed E-state index contributed by atoms with van der Waals surface area (Å²) < 4.78 is 25.3. The van der Waals surface area contributed by atoms with Crippen LogP contribution in [0.5, 0.6) is 0 Å². The molecule has 2 heterocycles. The second kappa shape index (κ2) is 7.79. The molecular formula is C17H22N4O3S2. The van der Waals surface area contributed by atoms with Crippen LogP contribution in [0.2, 0.25) is 0 Å². The van der Waals surface area contributed by atoms with Gasteiger partial charge in [0.15, 0.2) is 15.0 Å². The van der Waals surface area contributed by atoms with Gasteiger partial charge in [-0.25, -0.2) is 8.42 Å². The summed E-state index contributed by atoms with van der Waals surface area (Å²) in [7, 11) is -3.02. The van der Waals surface area contributed by atoms with Crippen LogP contribution in [0.15, 0.2) is 35.5 Å². The van der Waals surface area contributed by atoms with E-state index in [1.165, 1.54) is 11.8 Å². The number of nitrogens with zero attached hydrogens (tertiary/aromatic N) is 4. The summed E-state index contributed by atoms with van der Waals surface area (Å²) in [4.78, 5) is 14.3. The molecule has 1 saturated heterocycles. The maximum atomic E-state index is 12.7. The summed E-state index contributed by atoms with van der Waals surface area (Å²) in [5.74, 6) is 1.11. The number of amides is 1. The van der Waals surface area contributed by atoms with Gasteiger partial charge in [0.1, 0.15) is 5.82 Å². The number of hydrogen-bond acceptors (Lipinski definition) is 6. The van der Waals surface area contributed by atoms with Gasteiger partial charge in [0.2, 0.25) is 5.91 Å². The number of carbonyl (C=O) groups excluding carboxylic acids is 1. The number of sulfone groups is 1. The Morgan fingerprint density at radius 3 is 2.65 bits per heavy atom. The summed E-state index contributed by atoms with van der Waals surface area (Å²) >= 11 is 1.32. The number of aromatic nitrogens is 3. The third-order valence-electron chi connectivity index (χ3n) is 4.44. The highest BCUT2D eigenvalue weighted by atomic mass is 32.2. The van der Waals surface area contributed by atoms with Gasteiger partial charge >= 0.3 is 0 Å². The van der Waals surface area contributed by atoms with E-state index in [-0.39, 0.29) is 29.2 Å². The molecule has 2 aromatic rings. The van der Waals surface area contributed by atoms with E-state index < -0.39 is 9.84 Å². The van der Waals surface area contributed by atoms with E-state index in [1.54, 1.807) is 4.90 Å². The third kappa shape index (κ3) is 4.09. The molecule has 26 heavy (non-hydrogen) atoms. The highest BCUT2D eigenvalue weighted by Crippen LogP contribution is 2.24. The van der Waals surface area contributed by atoms with Crippen molar-refractivity contribution in [3.63, 3.8) is 0 Å². The van der Waals surface area contributed by atoms with E-state index >= 15 is 0 Å². The Labute approximate surface area is 157 Å². The molecule has 0 saturated carbocycles. The lowest BCUT2D eigenvalue weighted by atomic mass is 10.2. The van der Waals surface area contributed by atoms with Crippen molar-refractivity contribution >= 4 is 27.5 Å². The maximum Gasteiger partial charge on any atom is 0.233 e. The Kier molecular flexibility index (Phi) is 5.67. The minimum atomic E-state index is -3.02. The van der Waals surface area contributed by atoms with Crippen LogP contribution in [0.4, 0.5) is 0 Å². The zero-order valence-electron chi connectivity index (χ0n) is 14.8. The van der Waals surface area contributed by atoms with Gasteiger partial charge in [-0.3, -0.25) is 9.36 Å². The lowest BCUT2D eigenvalue weighted by Crippen LogP contribution is -2.42. The molecule has 140 valence electrons. The van der Waals surface area contributed by atoms with Crippen molar-refractivity contribution in [1.82, 2.24) is 19.7 Å². The number of rotatable bonds is 6. The molecule has 0 aliphatic carbocycles. The summed E-state index contributed by atoms with van der Waals surface area (Å²) in [6, 6.07) is 9.52. The number of hydrogen-bond donors (Lipinski definition) is 0. The summed E-state index contributed by atoms with van der Waals surface area (Å²) in [6.45, 7) is 4.25. The van der Waals surface area contributed by atoms with Gasteiger partial charge in [-0.2, -0.15) is 0 Å². The predicted octanol–water partition coefficient (Wildman–Crippen LogP) is 1.70. The molecule has 0 radical (unpaired) electrons. The number of carbonyl (C=O) groups is 1. The smallest absolute Gasteiger partial charge is 0.233 e. The number of benzene rings is 1. The topological polar surface area (TPSA) is 85.2 Å². The van der Waals surface area contributed by atoms with Crippen molar-refractivity contribution in [1.29, 1.82) is 0 Å². The first-order valence-corrected chi connectivity index (χ1v) is 11.3. The first kappa shape index (κ1) is 18.9. The number of aryl methyl sites for hydroxylation is 1. The van der Waals surface area contributed by atoms with E-state index in [9.17, 15) is 13.2 Å². The first-order chi connectivity index (χ1) is 12.4. The van der Waals surface area contributed by atoms with Gasteiger partial charge in [0, 0.05) is 18.3 Å². The zero-order valence-corrected chi connectivity index (χ0v) is 16.5. The van der Waals surface area contributed by atoms with Crippen molar-refractivity contribution in [2.75, 3.05) is 23.8 Å². The van der Waals surface area contributed by atoms with Gasteiger partial charge in [0.25, 0.3) is 0 Å². The average Bonchev–Trinajstić information content (AvgIpc) is 3.16. The molecule has 1 aromatic heterocycles. The highest BCUT2D eigenvalue weighted by Gasteiger charge is 2.33. The minimum absolute atomic E-state index is 0.0660. The predicted molar refractivity (Wildman–Crippen MR) is 101 cm³/mol. The molecule has 0 unspecified atom stereocenters. The van der Waals surface area contributed by atoms with E-state index in [4.69, 9.17) is 0 Å². The van der Waals surface area contributed by atoms with Gasteiger partial charge in [0.05, 0.1) is 17.3 Å². The molecule has 1 aliphatic rings. The van der Waals surface area contributed by atoms with Crippen molar-refractivity contribution in [3.05, 3.63) is 36.2 Å². The lowest BCUT2D eigenvalue weighted by molar-refractivity contribution is -0.129. The molecule has 3 rings (SSSR count). The lowest BCUT2D eigenvalue weighted by Gasteiger charge is -2.26. The maximum absolute atomic E-state index is 12.7. The van der Waals surface area contributed by atoms with Crippen LogP contribution in [0.25, 0.3) is 5.69 Å². The number of thioether (sulfide) groups is 1. The van der Waals surface area contributed by atoms with Crippen molar-refractivity contribution in [3.8, 4) is 5.69 Å². The second-order valence-electron chi connectivity index (χ2n) is 6.23. The summed E-state index contributed by atoms with van der Waals surface area (Å²) in [6.07, 6.45) is 0.520. The number of para-hydroxylation sites is 1. The quantitative estimate of drug-likeness (QED) is 0.694. The Bertz CT molecular complexity index is 881. The molecule has 1 amide bonds. The zero-order chi connectivity index (χ0) is 18.7. The monoisotopic (exact) mass is 394 g/mol. The molecule has 0 spiro atoms. The Morgan fingerprint density at radius 2 is 2.04 bits per heavy atom. The average molecular weight is 395 g/mol. The normalized spacial score (nSPS) is 18.8. The van der Waals surface area contributed by atoms with Crippen LogP contribution in [-0.2, 0) is 14.6 Å². The molecule has 1 aromatic carbocycles. The van der Waals surface area contributed by atoms with Crippen LogP contribution in [0.1, 0.15) is 19.2 Å². The van der Waals surface area contributed by atoms with Crippen LogP contribution in [0.3, 0.4) is 0 Å². The fourth-order valence-corrected chi connectivity index (χ4v) is 5.79. The van der Waals surface area contributed by atoms with Crippen LogP contribution in [0, 0.1) is 6.92 Å². The SMILES string of the molecule is CCN(C(=O)CSc1nnc(C)n1-c1ccccc1)[C@@H]1CCS(=O)(=O)C1. The third-order valence-corrected chi connectivity index (χ3v) is 7.11. The fourth-order valence-electron chi connectivity index (χ4n) is 3.18. The van der Waals surface area contributed by atoms with E-state index in [2.05, 4.69) is 10.2 Å². The standard InChI is InChI=1S/C17H22N4O3S2/c1-3-20(15-9-10-26(23,24)12-15)16(22)11-25-17-19-18-13(2)21(17)14-7-5-4-6-8-14/h4-8,15H,3,9-12H2,1-2H3/t15-/m1/s1. The molecule has 1 atom stereocenters. The van der Waals surface area contributed by atoms with E-state index in [0.29, 0.717) is 18.1 Å². The van der Waals surface area contributed by atoms with Gasteiger partial charge in [-0.15, -0.1) is 10.2 Å². The van der Waals surface area contributed by atoms with Crippen LogP contribution in [-0.4, -0.2) is 63.8 Å². The minimum Gasteiger partial charge on any atom is -0.338 e. The van der Waals surface area contributed by atoms with E-state index in [1.807, 2.05) is 48.7 Å². The van der Waals surface area contributed by atoms with Crippen molar-refractivity contribution in [2.45, 2.75) is 31.5 Å². The molecular weight excluding hydrogens is 372 g/mol. The summed E-state index contributed by atoms with van der Waals surface area (Å²) in [5, 5.41) is 8.95. The van der Waals surface area contributed by atoms with Gasteiger partial charge in [-0.05, 0) is 32.4 Å². The molecule has 1 fully saturated rings. The van der Waals surface area contributed by atoms with Crippen molar-refractivity contribution in [2.24, 2.45) is 0 Å². The van der Waals surface area contributed by atoms with Crippen LogP contribution < -0.4 is 0 Å². The Balaban J connectivity index is 1.70. The van der Waals surface area contributed by atoms with Gasteiger partial charge in [-0.1, -0.05) is 30.0 Å². The molecule has 0 N–H and O–H groups in total. The highest BCUT2D eigenvalue weighted by molar-refractivity contribution is 7.99. The Hall–Kier alpha value is -1.87. The first-order valence-electron chi connectivity index (χ1n) is 8.51. The van der Waals surface area contributed by atoms with Crippen LogP contribution >= 0.6 is 11.8 Å². The summed E-state index contributed by atoms with van der Waals surface area (Å²) in [5.41, 5.74) is 0.944. The largest absolute Gasteiger partial charge is 0.338 e. The fraction of sp³-hybridized carbons (Fsp3) is 0.471. The van der Waals surface area contributed by atoms with Gasteiger partial charge < -0.3 is 4.90 Å². The Morgan fingerprint density at radius 1 is 1.31 bits per heavy atom. The molecule has 7 nitrogen and oxygen atoms in total. The van der Waals surface area contributed by atoms with Crippen molar-refractivity contribution < 1.29 is 13.2 Å². The second-order valence-corrected chi connectivity index (χ2v) is 9.40. The molecule has 1 aliphatic heterocycles. The molecule has 0 bridgehead atoms. The van der Waals surface area contributed by atoms with E-state index in [0.717, 1.165) is 11.5 Å². The molecule has 9 heteroatoms.